The normalized spacial score (nSPS) is 10.5. The predicted octanol–water partition coefficient (Wildman–Crippen LogP) is 4.79. The van der Waals surface area contributed by atoms with E-state index in [1.54, 1.807) is 0 Å². The van der Waals surface area contributed by atoms with E-state index in [-0.39, 0.29) is 17.1 Å². The second-order valence-corrected chi connectivity index (χ2v) is 6.65. The lowest BCUT2D eigenvalue weighted by Gasteiger charge is -2.12. The first-order valence-electron chi connectivity index (χ1n) is 6.65. The number of rotatable bonds is 2. The van der Waals surface area contributed by atoms with Crippen LogP contribution in [-0.4, -0.2) is 9.91 Å². The third-order valence-electron chi connectivity index (χ3n) is 3.53. The number of nitriles is 1. The number of fused-ring (bicyclic) bond motifs is 1. The van der Waals surface area contributed by atoms with E-state index in [0.29, 0.717) is 22.0 Å². The molecule has 0 fully saturated rings. The number of pyridine rings is 1. The molecule has 2 N–H and O–H groups in total. The highest BCUT2D eigenvalue weighted by atomic mass is 79.9. The van der Waals surface area contributed by atoms with Gasteiger partial charge in [-0.1, -0.05) is 6.07 Å². The summed E-state index contributed by atoms with van der Waals surface area (Å²) in [6, 6.07) is 11.8. The van der Waals surface area contributed by atoms with Crippen molar-refractivity contribution in [1.29, 1.82) is 5.26 Å². The fraction of sp³-hybridized carbons (Fsp3) is 0. The van der Waals surface area contributed by atoms with Crippen molar-refractivity contribution in [3.8, 4) is 17.2 Å². The van der Waals surface area contributed by atoms with Crippen LogP contribution in [0, 0.1) is 21.4 Å². The zero-order valence-corrected chi connectivity index (χ0v) is 15.1. The number of nitro benzene ring substituents is 1. The van der Waals surface area contributed by atoms with Gasteiger partial charge in [0.15, 0.2) is 0 Å². The summed E-state index contributed by atoms with van der Waals surface area (Å²) in [6.07, 6.45) is 0. The van der Waals surface area contributed by atoms with Gasteiger partial charge in [-0.2, -0.15) is 5.26 Å². The second kappa shape index (κ2) is 6.19. The average Bonchev–Trinajstić information content (AvgIpc) is 2.55. The zero-order valence-electron chi connectivity index (χ0n) is 12.0. The van der Waals surface area contributed by atoms with Crippen LogP contribution in [-0.2, 0) is 0 Å². The van der Waals surface area contributed by atoms with Crippen LogP contribution in [0.15, 0.2) is 45.3 Å². The number of hydrogen-bond donors (Lipinski definition) is 1. The minimum Gasteiger partial charge on any atom is -0.383 e. The molecular formula is C16H8Br2N4O2. The number of hydrogen-bond acceptors (Lipinski definition) is 5. The van der Waals surface area contributed by atoms with Gasteiger partial charge < -0.3 is 5.73 Å². The molecule has 0 spiro atoms. The Morgan fingerprint density at radius 3 is 2.54 bits per heavy atom. The molecule has 0 atom stereocenters. The fourth-order valence-electron chi connectivity index (χ4n) is 2.45. The first-order chi connectivity index (χ1) is 11.4. The van der Waals surface area contributed by atoms with Crippen molar-refractivity contribution in [3.63, 3.8) is 0 Å². The molecule has 2 aromatic carbocycles. The van der Waals surface area contributed by atoms with Crippen molar-refractivity contribution in [3.05, 3.63) is 61.0 Å². The van der Waals surface area contributed by atoms with E-state index in [1.807, 2.05) is 18.2 Å². The third kappa shape index (κ3) is 2.72. The smallest absolute Gasteiger partial charge is 0.270 e. The molecule has 0 amide bonds. The number of benzene rings is 2. The van der Waals surface area contributed by atoms with Crippen LogP contribution in [0.3, 0.4) is 0 Å². The average molecular weight is 448 g/mol. The Hall–Kier alpha value is -2.50. The van der Waals surface area contributed by atoms with Crippen LogP contribution in [0.4, 0.5) is 11.5 Å². The molecule has 0 aliphatic carbocycles. The number of halogens is 2. The van der Waals surface area contributed by atoms with Gasteiger partial charge in [0, 0.05) is 32.0 Å². The molecule has 0 aliphatic heterocycles. The minimum absolute atomic E-state index is 0.0737. The van der Waals surface area contributed by atoms with Crippen molar-refractivity contribution in [1.82, 2.24) is 4.98 Å². The van der Waals surface area contributed by atoms with E-state index in [9.17, 15) is 15.4 Å². The highest BCUT2D eigenvalue weighted by Gasteiger charge is 2.18. The predicted molar refractivity (Wildman–Crippen MR) is 98.4 cm³/mol. The van der Waals surface area contributed by atoms with Gasteiger partial charge in [0.1, 0.15) is 17.5 Å². The quantitative estimate of drug-likeness (QED) is 0.449. The Morgan fingerprint density at radius 2 is 1.92 bits per heavy atom. The van der Waals surface area contributed by atoms with Gasteiger partial charge in [0.25, 0.3) is 5.69 Å². The number of anilines is 1. The topological polar surface area (TPSA) is 106 Å². The first kappa shape index (κ1) is 16.4. The number of nitrogen functional groups attached to an aromatic ring is 1. The van der Waals surface area contributed by atoms with Crippen LogP contribution < -0.4 is 5.73 Å². The minimum atomic E-state index is -0.483. The first-order valence-corrected chi connectivity index (χ1v) is 8.24. The van der Waals surface area contributed by atoms with Crippen LogP contribution >= 0.6 is 31.9 Å². The second-order valence-electron chi connectivity index (χ2n) is 4.95. The van der Waals surface area contributed by atoms with Crippen LogP contribution in [0.25, 0.3) is 22.0 Å². The van der Waals surface area contributed by atoms with Crippen molar-refractivity contribution in [2.75, 3.05) is 5.73 Å². The van der Waals surface area contributed by atoms with Crippen LogP contribution in [0.2, 0.25) is 0 Å². The fourth-order valence-corrected chi connectivity index (χ4v) is 3.07. The molecule has 3 rings (SSSR count). The van der Waals surface area contributed by atoms with Crippen LogP contribution in [0.1, 0.15) is 5.56 Å². The molecule has 6 nitrogen and oxygen atoms in total. The van der Waals surface area contributed by atoms with E-state index in [1.165, 1.54) is 18.2 Å². The van der Waals surface area contributed by atoms with Gasteiger partial charge in [0.2, 0.25) is 0 Å². The highest BCUT2D eigenvalue weighted by molar-refractivity contribution is 9.13. The summed E-state index contributed by atoms with van der Waals surface area (Å²) in [7, 11) is 0. The Balaban J connectivity index is 2.46. The molecule has 1 heterocycles. The summed E-state index contributed by atoms with van der Waals surface area (Å²) in [4.78, 5) is 14.8. The maximum Gasteiger partial charge on any atom is 0.270 e. The summed E-state index contributed by atoms with van der Waals surface area (Å²) >= 11 is 6.82. The lowest BCUT2D eigenvalue weighted by atomic mass is 9.96. The Bertz CT molecular complexity index is 1040. The number of nitro groups is 1. The number of nitrogens with zero attached hydrogens (tertiary/aromatic N) is 3. The van der Waals surface area contributed by atoms with E-state index >= 15 is 0 Å². The molecule has 0 saturated carbocycles. The molecule has 118 valence electrons. The maximum absolute atomic E-state index is 11.1. The molecule has 3 aromatic rings. The van der Waals surface area contributed by atoms with E-state index in [4.69, 9.17) is 5.73 Å². The Labute approximate surface area is 153 Å². The van der Waals surface area contributed by atoms with E-state index in [2.05, 4.69) is 42.9 Å². The van der Waals surface area contributed by atoms with Gasteiger partial charge >= 0.3 is 0 Å². The standard InChI is InChI=1S/C16H8Br2N4O2/c17-12-3-1-8(5-13(12)18)15-10-6-9(22(23)24)2-4-14(10)21-16(20)11(15)7-19/h1-6H,(H2,20,21). The van der Waals surface area contributed by atoms with Gasteiger partial charge in [-0.05, 0) is 55.6 Å². The molecule has 0 saturated heterocycles. The summed E-state index contributed by atoms with van der Waals surface area (Å²) in [5.41, 5.74) is 7.76. The van der Waals surface area contributed by atoms with E-state index in [0.717, 1.165) is 8.95 Å². The number of non-ortho nitro benzene ring substituents is 1. The molecule has 0 unspecified atom stereocenters. The Morgan fingerprint density at radius 1 is 1.17 bits per heavy atom. The molecule has 0 radical (unpaired) electrons. The Kier molecular flexibility index (Phi) is 4.22. The van der Waals surface area contributed by atoms with Gasteiger partial charge in [-0.25, -0.2) is 4.98 Å². The molecule has 8 heteroatoms. The van der Waals surface area contributed by atoms with Crippen LogP contribution in [0.5, 0.6) is 0 Å². The SMILES string of the molecule is N#Cc1c(N)nc2ccc([N+](=O)[O-])cc2c1-c1ccc(Br)c(Br)c1. The molecular weight excluding hydrogens is 440 g/mol. The summed E-state index contributed by atoms with van der Waals surface area (Å²) in [6.45, 7) is 0. The highest BCUT2D eigenvalue weighted by Crippen LogP contribution is 2.37. The molecule has 1 aromatic heterocycles. The molecule has 0 bridgehead atoms. The van der Waals surface area contributed by atoms with Crippen molar-refractivity contribution < 1.29 is 4.92 Å². The number of aromatic nitrogens is 1. The van der Waals surface area contributed by atoms with Crippen molar-refractivity contribution in [2.45, 2.75) is 0 Å². The van der Waals surface area contributed by atoms with Crippen molar-refractivity contribution in [2.24, 2.45) is 0 Å². The summed E-state index contributed by atoms with van der Waals surface area (Å²) < 4.78 is 1.64. The summed E-state index contributed by atoms with van der Waals surface area (Å²) in [5, 5.41) is 21.1. The molecule has 0 aliphatic rings. The van der Waals surface area contributed by atoms with Gasteiger partial charge in [0.05, 0.1) is 10.4 Å². The van der Waals surface area contributed by atoms with Gasteiger partial charge in [-0.3, -0.25) is 10.1 Å². The summed E-state index contributed by atoms with van der Waals surface area (Å²) in [5.74, 6) is 0.0906. The lowest BCUT2D eigenvalue weighted by Crippen LogP contribution is -2.00. The number of nitrogens with two attached hydrogens (primary N) is 1. The van der Waals surface area contributed by atoms with E-state index < -0.39 is 4.92 Å². The lowest BCUT2D eigenvalue weighted by molar-refractivity contribution is -0.384. The largest absolute Gasteiger partial charge is 0.383 e. The molecule has 24 heavy (non-hydrogen) atoms. The maximum atomic E-state index is 11.1. The monoisotopic (exact) mass is 446 g/mol. The van der Waals surface area contributed by atoms with Gasteiger partial charge in [-0.15, -0.1) is 0 Å². The van der Waals surface area contributed by atoms with Crippen molar-refractivity contribution >= 4 is 54.3 Å². The third-order valence-corrected chi connectivity index (χ3v) is 5.41. The zero-order chi connectivity index (χ0) is 17.4.